The Labute approximate surface area is 116 Å². The highest BCUT2D eigenvalue weighted by Gasteiger charge is 2.23. The van der Waals surface area contributed by atoms with Crippen molar-refractivity contribution in [3.63, 3.8) is 0 Å². The standard InChI is InChI=1S/C15H17BrN2/c1-10-3-4-11(2)18(10)17-15-8-5-12-9-13(16)6-7-14(12)15/h3-4,6-7,9,15,17H,5,8H2,1-2H3. The third-order valence-corrected chi connectivity index (χ3v) is 4.23. The molecule has 18 heavy (non-hydrogen) atoms. The molecule has 2 nitrogen and oxygen atoms in total. The molecule has 0 saturated heterocycles. The summed E-state index contributed by atoms with van der Waals surface area (Å²) in [7, 11) is 0. The van der Waals surface area contributed by atoms with Gasteiger partial charge in [-0.3, -0.25) is 4.68 Å². The van der Waals surface area contributed by atoms with Crippen LogP contribution in [0.5, 0.6) is 0 Å². The Morgan fingerprint density at radius 3 is 2.61 bits per heavy atom. The van der Waals surface area contributed by atoms with Crippen LogP contribution in [-0.4, -0.2) is 4.68 Å². The van der Waals surface area contributed by atoms with Gasteiger partial charge in [0.15, 0.2) is 0 Å². The van der Waals surface area contributed by atoms with Crippen molar-refractivity contribution in [2.45, 2.75) is 32.7 Å². The molecule has 0 radical (unpaired) electrons. The fourth-order valence-corrected chi connectivity index (χ4v) is 3.16. The summed E-state index contributed by atoms with van der Waals surface area (Å²) >= 11 is 3.54. The van der Waals surface area contributed by atoms with Crippen LogP contribution in [0.25, 0.3) is 0 Å². The molecule has 94 valence electrons. The molecule has 1 aromatic carbocycles. The molecule has 2 aromatic rings. The molecular weight excluding hydrogens is 288 g/mol. The first kappa shape index (κ1) is 11.8. The minimum Gasteiger partial charge on any atom is -0.318 e. The van der Waals surface area contributed by atoms with E-state index >= 15 is 0 Å². The highest BCUT2D eigenvalue weighted by Crippen LogP contribution is 2.33. The molecule has 0 bridgehead atoms. The zero-order valence-electron chi connectivity index (χ0n) is 10.7. The van der Waals surface area contributed by atoms with Gasteiger partial charge in [0.25, 0.3) is 0 Å². The van der Waals surface area contributed by atoms with Crippen molar-refractivity contribution in [2.75, 3.05) is 5.43 Å². The highest BCUT2D eigenvalue weighted by molar-refractivity contribution is 9.10. The van der Waals surface area contributed by atoms with Crippen LogP contribution in [0, 0.1) is 13.8 Å². The van der Waals surface area contributed by atoms with E-state index in [0.29, 0.717) is 6.04 Å². The number of hydrogen-bond acceptors (Lipinski definition) is 1. The van der Waals surface area contributed by atoms with E-state index in [4.69, 9.17) is 0 Å². The second-order valence-electron chi connectivity index (χ2n) is 5.02. The number of rotatable bonds is 2. The molecule has 3 rings (SSSR count). The maximum atomic E-state index is 3.63. The van der Waals surface area contributed by atoms with E-state index < -0.39 is 0 Å². The molecular formula is C15H17BrN2. The van der Waals surface area contributed by atoms with Crippen LogP contribution in [0.4, 0.5) is 0 Å². The Hall–Kier alpha value is -1.22. The molecule has 1 heterocycles. The predicted molar refractivity (Wildman–Crippen MR) is 78.5 cm³/mol. The second kappa shape index (κ2) is 4.47. The minimum absolute atomic E-state index is 0.429. The monoisotopic (exact) mass is 304 g/mol. The number of aromatic nitrogens is 1. The number of fused-ring (bicyclic) bond motifs is 1. The molecule has 0 aliphatic heterocycles. The number of aryl methyl sites for hydroxylation is 3. The molecule has 3 heteroatoms. The fourth-order valence-electron chi connectivity index (χ4n) is 2.75. The second-order valence-corrected chi connectivity index (χ2v) is 5.93. The summed E-state index contributed by atoms with van der Waals surface area (Å²) in [6.07, 6.45) is 2.33. The normalized spacial score (nSPS) is 17.8. The highest BCUT2D eigenvalue weighted by atomic mass is 79.9. The van der Waals surface area contributed by atoms with Gasteiger partial charge in [-0.2, -0.15) is 0 Å². The lowest BCUT2D eigenvalue weighted by Crippen LogP contribution is -2.21. The van der Waals surface area contributed by atoms with E-state index in [2.05, 4.69) is 70.2 Å². The average molecular weight is 305 g/mol. The zero-order valence-corrected chi connectivity index (χ0v) is 12.3. The van der Waals surface area contributed by atoms with Crippen LogP contribution >= 0.6 is 15.9 Å². The van der Waals surface area contributed by atoms with E-state index in [9.17, 15) is 0 Å². The molecule has 0 amide bonds. The van der Waals surface area contributed by atoms with Gasteiger partial charge in [0, 0.05) is 15.9 Å². The molecule has 1 unspecified atom stereocenters. The third kappa shape index (κ3) is 1.97. The maximum absolute atomic E-state index is 3.63. The number of hydrogen-bond donors (Lipinski definition) is 1. The number of nitrogens with zero attached hydrogens (tertiary/aromatic N) is 1. The van der Waals surface area contributed by atoms with Gasteiger partial charge in [-0.15, -0.1) is 0 Å². The van der Waals surface area contributed by atoms with Crippen molar-refractivity contribution in [1.82, 2.24) is 4.68 Å². The Bertz CT molecular complexity index is 567. The van der Waals surface area contributed by atoms with E-state index in [1.807, 2.05) is 0 Å². The van der Waals surface area contributed by atoms with Gasteiger partial charge in [0.2, 0.25) is 0 Å². The molecule has 1 aliphatic rings. The van der Waals surface area contributed by atoms with Crippen LogP contribution in [0.3, 0.4) is 0 Å². The van der Waals surface area contributed by atoms with Gasteiger partial charge in [0.1, 0.15) is 0 Å². The Balaban J connectivity index is 1.89. The van der Waals surface area contributed by atoms with Crippen molar-refractivity contribution in [1.29, 1.82) is 0 Å². The van der Waals surface area contributed by atoms with Gasteiger partial charge in [-0.25, -0.2) is 0 Å². The van der Waals surface area contributed by atoms with E-state index in [-0.39, 0.29) is 0 Å². The first-order chi connectivity index (χ1) is 8.65. The number of halogens is 1. The first-order valence-corrected chi connectivity index (χ1v) is 7.14. The summed E-state index contributed by atoms with van der Waals surface area (Å²) in [5, 5.41) is 0. The third-order valence-electron chi connectivity index (χ3n) is 3.74. The summed E-state index contributed by atoms with van der Waals surface area (Å²) in [6.45, 7) is 4.27. The smallest absolute Gasteiger partial charge is 0.0679 e. The SMILES string of the molecule is Cc1ccc(C)n1NC1CCc2cc(Br)ccc21. The largest absolute Gasteiger partial charge is 0.318 e. The predicted octanol–water partition coefficient (Wildman–Crippen LogP) is 4.10. The van der Waals surface area contributed by atoms with Crippen molar-refractivity contribution in [3.05, 3.63) is 57.3 Å². The van der Waals surface area contributed by atoms with Gasteiger partial charge in [-0.05, 0) is 62.1 Å². The quantitative estimate of drug-likeness (QED) is 0.884. The maximum Gasteiger partial charge on any atom is 0.0679 e. The molecule has 0 spiro atoms. The van der Waals surface area contributed by atoms with Crippen molar-refractivity contribution < 1.29 is 0 Å². The van der Waals surface area contributed by atoms with Crippen LogP contribution in [-0.2, 0) is 6.42 Å². The lowest BCUT2D eigenvalue weighted by atomic mass is 10.1. The van der Waals surface area contributed by atoms with Crippen molar-refractivity contribution in [3.8, 4) is 0 Å². The van der Waals surface area contributed by atoms with E-state index in [1.165, 1.54) is 33.4 Å². The Morgan fingerprint density at radius 2 is 1.89 bits per heavy atom. The summed E-state index contributed by atoms with van der Waals surface area (Å²) in [4.78, 5) is 0. The molecule has 1 aromatic heterocycles. The van der Waals surface area contributed by atoms with Gasteiger partial charge >= 0.3 is 0 Å². The molecule has 0 fully saturated rings. The van der Waals surface area contributed by atoms with Gasteiger partial charge < -0.3 is 5.43 Å². The Kier molecular flexibility index (Phi) is 2.94. The van der Waals surface area contributed by atoms with E-state index in [1.54, 1.807) is 0 Å². The summed E-state index contributed by atoms with van der Waals surface area (Å²) in [6, 6.07) is 11.3. The van der Waals surface area contributed by atoms with Crippen LogP contribution in [0.2, 0.25) is 0 Å². The topological polar surface area (TPSA) is 17.0 Å². The number of nitrogens with one attached hydrogen (secondary N) is 1. The molecule has 1 aliphatic carbocycles. The lowest BCUT2D eigenvalue weighted by molar-refractivity contribution is 0.647. The molecule has 1 atom stereocenters. The first-order valence-electron chi connectivity index (χ1n) is 6.35. The van der Waals surface area contributed by atoms with Gasteiger partial charge in [-0.1, -0.05) is 22.0 Å². The average Bonchev–Trinajstić information content (AvgIpc) is 2.87. The Morgan fingerprint density at radius 1 is 1.17 bits per heavy atom. The minimum atomic E-state index is 0.429. The van der Waals surface area contributed by atoms with Gasteiger partial charge in [0.05, 0.1) is 6.04 Å². The van der Waals surface area contributed by atoms with Crippen LogP contribution < -0.4 is 5.43 Å². The molecule has 1 N–H and O–H groups in total. The van der Waals surface area contributed by atoms with E-state index in [0.717, 1.165) is 6.42 Å². The summed E-state index contributed by atoms with van der Waals surface area (Å²) in [5.41, 5.74) is 9.06. The van der Waals surface area contributed by atoms with Crippen molar-refractivity contribution in [2.24, 2.45) is 0 Å². The van der Waals surface area contributed by atoms with Crippen LogP contribution in [0.15, 0.2) is 34.8 Å². The van der Waals surface area contributed by atoms with Crippen LogP contribution in [0.1, 0.15) is 35.0 Å². The lowest BCUT2D eigenvalue weighted by Gasteiger charge is -2.19. The summed E-state index contributed by atoms with van der Waals surface area (Å²) in [5.74, 6) is 0. The summed E-state index contributed by atoms with van der Waals surface area (Å²) < 4.78 is 3.37. The number of benzene rings is 1. The van der Waals surface area contributed by atoms with Crippen molar-refractivity contribution >= 4 is 15.9 Å². The fraction of sp³-hybridized carbons (Fsp3) is 0.333. The molecule has 0 saturated carbocycles. The zero-order chi connectivity index (χ0) is 12.7.